The number of hydrogen-bond acceptors (Lipinski definition) is 1. The first-order chi connectivity index (χ1) is 9.80. The number of carboxylic acid groups (broad SMARTS) is 1. The van der Waals surface area contributed by atoms with Crippen LogP contribution in [0.3, 0.4) is 0 Å². The molecular formula is C15H10ClF3O2. The average molecular weight is 315 g/mol. The van der Waals surface area contributed by atoms with E-state index in [9.17, 15) is 18.0 Å². The summed E-state index contributed by atoms with van der Waals surface area (Å²) in [4.78, 5) is 10.8. The monoisotopic (exact) mass is 314 g/mol. The first-order valence-electron chi connectivity index (χ1n) is 5.94. The van der Waals surface area contributed by atoms with Crippen molar-refractivity contribution in [2.45, 2.75) is 11.6 Å². The van der Waals surface area contributed by atoms with Crippen LogP contribution >= 0.6 is 11.6 Å². The Hall–Kier alpha value is -2.01. The molecule has 2 aromatic carbocycles. The Morgan fingerprint density at radius 1 is 1.05 bits per heavy atom. The Bertz CT molecular complexity index is 654. The van der Waals surface area contributed by atoms with Gasteiger partial charge in [0.2, 0.25) is 0 Å². The standard InChI is InChI=1S/C15H10ClF3O2/c16-13(14(20)21)11-7-6-10(8-12(11)15(17,18)19)9-4-2-1-3-5-9/h1-8,13H,(H,20,21). The maximum Gasteiger partial charge on any atom is 0.416 e. The molecular weight excluding hydrogens is 305 g/mol. The molecule has 0 aliphatic heterocycles. The van der Waals surface area contributed by atoms with Gasteiger partial charge < -0.3 is 5.11 Å². The summed E-state index contributed by atoms with van der Waals surface area (Å²) in [5.74, 6) is -1.52. The fraction of sp³-hybridized carbons (Fsp3) is 0.133. The van der Waals surface area contributed by atoms with Crippen LogP contribution in [-0.2, 0) is 11.0 Å². The smallest absolute Gasteiger partial charge is 0.416 e. The second-order valence-corrected chi connectivity index (χ2v) is 4.80. The zero-order chi connectivity index (χ0) is 15.6. The summed E-state index contributed by atoms with van der Waals surface area (Å²) < 4.78 is 39.3. The Morgan fingerprint density at radius 3 is 2.19 bits per heavy atom. The van der Waals surface area contributed by atoms with Crippen LogP contribution in [0.5, 0.6) is 0 Å². The molecule has 0 fully saturated rings. The van der Waals surface area contributed by atoms with Gasteiger partial charge in [0.05, 0.1) is 5.56 Å². The Kier molecular flexibility index (Phi) is 4.23. The van der Waals surface area contributed by atoms with Gasteiger partial charge in [-0.15, -0.1) is 11.6 Å². The summed E-state index contributed by atoms with van der Waals surface area (Å²) in [5.41, 5.74) is -0.542. The van der Waals surface area contributed by atoms with E-state index in [4.69, 9.17) is 16.7 Å². The molecule has 0 saturated heterocycles. The number of rotatable bonds is 3. The largest absolute Gasteiger partial charge is 0.480 e. The van der Waals surface area contributed by atoms with Crippen molar-refractivity contribution in [3.05, 3.63) is 59.7 Å². The second kappa shape index (κ2) is 5.77. The van der Waals surface area contributed by atoms with E-state index in [-0.39, 0.29) is 0 Å². The number of alkyl halides is 4. The lowest BCUT2D eigenvalue weighted by atomic mass is 9.97. The number of carboxylic acids is 1. The van der Waals surface area contributed by atoms with Crippen molar-refractivity contribution in [2.75, 3.05) is 0 Å². The summed E-state index contributed by atoms with van der Waals surface area (Å²) >= 11 is 5.55. The summed E-state index contributed by atoms with van der Waals surface area (Å²) in [6.45, 7) is 0. The first-order valence-corrected chi connectivity index (χ1v) is 6.38. The van der Waals surface area contributed by atoms with Crippen LogP contribution in [0.4, 0.5) is 13.2 Å². The molecule has 110 valence electrons. The topological polar surface area (TPSA) is 37.3 Å². The molecule has 2 aromatic rings. The average Bonchev–Trinajstić information content (AvgIpc) is 2.46. The SMILES string of the molecule is O=C(O)C(Cl)c1ccc(-c2ccccc2)cc1C(F)(F)F. The lowest BCUT2D eigenvalue weighted by Crippen LogP contribution is -2.14. The molecule has 0 aromatic heterocycles. The van der Waals surface area contributed by atoms with Gasteiger partial charge in [-0.1, -0.05) is 42.5 Å². The highest BCUT2D eigenvalue weighted by Gasteiger charge is 2.36. The predicted octanol–water partition coefficient (Wildman–Crippen LogP) is 4.74. The number of aliphatic carboxylic acids is 1. The summed E-state index contributed by atoms with van der Waals surface area (Å²) in [5, 5.41) is 7.07. The Labute approximate surface area is 123 Å². The van der Waals surface area contributed by atoms with Crippen molar-refractivity contribution in [3.8, 4) is 11.1 Å². The maximum absolute atomic E-state index is 13.1. The fourth-order valence-corrected chi connectivity index (χ4v) is 2.16. The van der Waals surface area contributed by atoms with Crippen molar-refractivity contribution in [1.82, 2.24) is 0 Å². The number of benzene rings is 2. The van der Waals surface area contributed by atoms with Gasteiger partial charge in [-0.2, -0.15) is 13.2 Å². The van der Waals surface area contributed by atoms with Gasteiger partial charge in [-0.3, -0.25) is 4.79 Å². The van der Waals surface area contributed by atoms with E-state index < -0.39 is 28.6 Å². The van der Waals surface area contributed by atoms with Gasteiger partial charge in [0, 0.05) is 0 Å². The molecule has 0 aliphatic rings. The number of halogens is 4. The molecule has 0 radical (unpaired) electrons. The van der Waals surface area contributed by atoms with Gasteiger partial charge in [-0.05, 0) is 22.8 Å². The normalized spacial score (nSPS) is 13.0. The van der Waals surface area contributed by atoms with Gasteiger partial charge >= 0.3 is 12.1 Å². The van der Waals surface area contributed by atoms with Crippen LogP contribution in [0.25, 0.3) is 11.1 Å². The van der Waals surface area contributed by atoms with Crippen LogP contribution in [0, 0.1) is 0 Å². The highest BCUT2D eigenvalue weighted by Crippen LogP contribution is 2.39. The molecule has 0 bridgehead atoms. The minimum Gasteiger partial charge on any atom is -0.480 e. The van der Waals surface area contributed by atoms with Crippen LogP contribution in [0.15, 0.2) is 48.5 Å². The van der Waals surface area contributed by atoms with Crippen LogP contribution in [0.1, 0.15) is 16.5 Å². The molecule has 0 saturated carbocycles. The van der Waals surface area contributed by atoms with Crippen molar-refractivity contribution in [1.29, 1.82) is 0 Å². The van der Waals surface area contributed by atoms with E-state index in [1.165, 1.54) is 6.07 Å². The van der Waals surface area contributed by atoms with E-state index in [1.54, 1.807) is 30.3 Å². The number of carbonyl (C=O) groups is 1. The highest BCUT2D eigenvalue weighted by atomic mass is 35.5. The van der Waals surface area contributed by atoms with Crippen molar-refractivity contribution >= 4 is 17.6 Å². The molecule has 2 rings (SSSR count). The maximum atomic E-state index is 13.1. The third kappa shape index (κ3) is 3.36. The van der Waals surface area contributed by atoms with E-state index in [0.717, 1.165) is 12.1 Å². The zero-order valence-electron chi connectivity index (χ0n) is 10.6. The number of hydrogen-bond donors (Lipinski definition) is 1. The van der Waals surface area contributed by atoms with Crippen molar-refractivity contribution in [2.24, 2.45) is 0 Å². The van der Waals surface area contributed by atoms with E-state index in [0.29, 0.717) is 11.1 Å². The van der Waals surface area contributed by atoms with Gasteiger partial charge in [0.1, 0.15) is 0 Å². The molecule has 0 spiro atoms. The molecule has 0 heterocycles. The Morgan fingerprint density at radius 2 is 1.67 bits per heavy atom. The van der Waals surface area contributed by atoms with Crippen LogP contribution < -0.4 is 0 Å². The molecule has 1 atom stereocenters. The molecule has 21 heavy (non-hydrogen) atoms. The van der Waals surface area contributed by atoms with Crippen molar-refractivity contribution < 1.29 is 23.1 Å². The van der Waals surface area contributed by atoms with E-state index >= 15 is 0 Å². The summed E-state index contributed by atoms with van der Waals surface area (Å²) in [7, 11) is 0. The van der Waals surface area contributed by atoms with Crippen LogP contribution in [-0.4, -0.2) is 11.1 Å². The van der Waals surface area contributed by atoms with Gasteiger partial charge in [0.15, 0.2) is 5.38 Å². The molecule has 6 heteroatoms. The summed E-state index contributed by atoms with van der Waals surface area (Å²) in [6, 6.07) is 12.0. The predicted molar refractivity (Wildman–Crippen MR) is 73.1 cm³/mol. The van der Waals surface area contributed by atoms with E-state index in [1.807, 2.05) is 0 Å². The van der Waals surface area contributed by atoms with Gasteiger partial charge in [-0.25, -0.2) is 0 Å². The minimum atomic E-state index is -4.68. The highest BCUT2D eigenvalue weighted by molar-refractivity contribution is 6.29. The first kappa shape index (κ1) is 15.4. The van der Waals surface area contributed by atoms with Gasteiger partial charge in [0.25, 0.3) is 0 Å². The molecule has 0 aliphatic carbocycles. The third-order valence-electron chi connectivity index (χ3n) is 2.96. The van der Waals surface area contributed by atoms with Crippen molar-refractivity contribution in [3.63, 3.8) is 0 Å². The minimum absolute atomic E-state index is 0.348. The van der Waals surface area contributed by atoms with E-state index in [2.05, 4.69) is 0 Å². The zero-order valence-corrected chi connectivity index (χ0v) is 11.3. The fourth-order valence-electron chi connectivity index (χ4n) is 1.97. The lowest BCUT2D eigenvalue weighted by molar-refractivity contribution is -0.140. The van der Waals surface area contributed by atoms with Crippen LogP contribution in [0.2, 0.25) is 0 Å². The molecule has 2 nitrogen and oxygen atoms in total. The second-order valence-electron chi connectivity index (χ2n) is 4.37. The molecule has 1 unspecified atom stereocenters. The molecule has 0 amide bonds. The summed E-state index contributed by atoms with van der Waals surface area (Å²) in [6.07, 6.45) is -4.68. The Balaban J connectivity index is 2.58. The third-order valence-corrected chi connectivity index (χ3v) is 3.38. The molecule has 1 N–H and O–H groups in total. The lowest BCUT2D eigenvalue weighted by Gasteiger charge is -2.16. The quantitative estimate of drug-likeness (QED) is 0.831.